The van der Waals surface area contributed by atoms with E-state index in [-0.39, 0.29) is 24.3 Å². The van der Waals surface area contributed by atoms with Crippen LogP contribution < -0.4 is 5.32 Å². The van der Waals surface area contributed by atoms with Crippen molar-refractivity contribution < 1.29 is 9.59 Å². The van der Waals surface area contributed by atoms with Crippen molar-refractivity contribution >= 4 is 35.0 Å². The summed E-state index contributed by atoms with van der Waals surface area (Å²) in [6.07, 6.45) is 4.63. The van der Waals surface area contributed by atoms with Gasteiger partial charge in [0, 0.05) is 29.1 Å². The quantitative estimate of drug-likeness (QED) is 0.346. The van der Waals surface area contributed by atoms with Gasteiger partial charge in [-0.2, -0.15) is 0 Å². The lowest BCUT2D eigenvalue weighted by Gasteiger charge is -2.32. The molecule has 1 N–H and O–H groups in total. The van der Waals surface area contributed by atoms with Crippen LogP contribution in [0.4, 0.5) is 0 Å². The van der Waals surface area contributed by atoms with E-state index in [4.69, 9.17) is 23.2 Å². The minimum atomic E-state index is -0.664. The monoisotopic (exact) mass is 522 g/mol. The highest BCUT2D eigenvalue weighted by molar-refractivity contribution is 6.36. The smallest absolute Gasteiger partial charge is 0.243 e. The number of carbonyl (C=O) groups excluding carboxylic acids is 2. The number of carbonyl (C=O) groups is 2. The zero-order valence-electron chi connectivity index (χ0n) is 20.6. The van der Waals surface area contributed by atoms with Gasteiger partial charge in [-0.3, -0.25) is 9.59 Å². The molecule has 36 heavy (non-hydrogen) atoms. The average Bonchev–Trinajstić information content (AvgIpc) is 3.38. The van der Waals surface area contributed by atoms with Gasteiger partial charge in [0.25, 0.3) is 0 Å². The molecule has 1 fully saturated rings. The molecule has 1 saturated carbocycles. The van der Waals surface area contributed by atoms with Gasteiger partial charge in [0.2, 0.25) is 11.8 Å². The van der Waals surface area contributed by atoms with Crippen LogP contribution in [-0.2, 0) is 29.0 Å². The first kappa shape index (κ1) is 26.2. The summed E-state index contributed by atoms with van der Waals surface area (Å²) in [6.45, 7) is 2.34. The first-order chi connectivity index (χ1) is 17.4. The second kappa shape index (κ2) is 12.4. The second-order valence-corrected chi connectivity index (χ2v) is 10.4. The highest BCUT2D eigenvalue weighted by Crippen LogP contribution is 2.27. The largest absolute Gasteiger partial charge is 0.352 e. The molecule has 6 heteroatoms. The normalized spacial score (nSPS) is 14.4. The molecule has 4 rings (SSSR count). The van der Waals surface area contributed by atoms with Crippen LogP contribution in [0.1, 0.15) is 47.9 Å². The van der Waals surface area contributed by atoms with Gasteiger partial charge in [-0.25, -0.2) is 0 Å². The molecule has 0 saturated heterocycles. The third-order valence-electron chi connectivity index (χ3n) is 6.84. The van der Waals surface area contributed by atoms with Crippen molar-refractivity contribution in [1.82, 2.24) is 10.2 Å². The van der Waals surface area contributed by atoms with Crippen molar-refractivity contribution in [2.75, 3.05) is 0 Å². The number of hydrogen-bond acceptors (Lipinski definition) is 2. The number of amides is 2. The Labute approximate surface area is 223 Å². The van der Waals surface area contributed by atoms with Gasteiger partial charge in [0.15, 0.2) is 0 Å². The van der Waals surface area contributed by atoms with E-state index in [1.54, 1.807) is 23.1 Å². The summed E-state index contributed by atoms with van der Waals surface area (Å²) in [5.74, 6) is -0.301. The Hall–Kier alpha value is -2.82. The maximum Gasteiger partial charge on any atom is 0.243 e. The van der Waals surface area contributed by atoms with E-state index in [1.165, 1.54) is 0 Å². The summed E-state index contributed by atoms with van der Waals surface area (Å²) < 4.78 is 0. The van der Waals surface area contributed by atoms with E-state index < -0.39 is 6.04 Å². The number of nitrogens with one attached hydrogen (secondary N) is 1. The van der Waals surface area contributed by atoms with E-state index in [2.05, 4.69) is 5.32 Å². The van der Waals surface area contributed by atoms with Crippen molar-refractivity contribution in [2.45, 2.75) is 64.1 Å². The predicted octanol–water partition coefficient (Wildman–Crippen LogP) is 6.54. The standard InChI is InChI=1S/C30H32Cl2N2O2/c1-21-14-16-23(17-15-21)20-34(29(35)19-25-26(31)12-7-13-27(25)32)28(18-22-8-3-2-4-9-22)30(36)33-24-10-5-6-11-24/h2-4,7-9,12-17,24,28H,5-6,10-11,18-20H2,1H3,(H,33,36)/t28-/m0/s1. The van der Waals surface area contributed by atoms with Gasteiger partial charge in [-0.05, 0) is 48.6 Å². The Morgan fingerprint density at radius 1 is 0.889 bits per heavy atom. The van der Waals surface area contributed by atoms with Crippen molar-refractivity contribution in [1.29, 1.82) is 0 Å². The summed E-state index contributed by atoms with van der Waals surface area (Å²) in [7, 11) is 0. The van der Waals surface area contributed by atoms with Crippen molar-refractivity contribution in [3.05, 3.63) is 105 Å². The predicted molar refractivity (Wildman–Crippen MR) is 146 cm³/mol. The number of rotatable bonds is 9. The molecular weight excluding hydrogens is 491 g/mol. The van der Waals surface area contributed by atoms with E-state index in [0.717, 1.165) is 42.4 Å². The molecule has 3 aromatic carbocycles. The molecule has 0 aromatic heterocycles. The fourth-order valence-electron chi connectivity index (χ4n) is 4.77. The van der Waals surface area contributed by atoms with Crippen LogP contribution in [0.3, 0.4) is 0 Å². The lowest BCUT2D eigenvalue weighted by Crippen LogP contribution is -2.52. The molecule has 0 heterocycles. The molecule has 0 radical (unpaired) electrons. The number of hydrogen-bond donors (Lipinski definition) is 1. The summed E-state index contributed by atoms with van der Waals surface area (Å²) in [5.41, 5.74) is 3.68. The van der Waals surface area contributed by atoms with Crippen LogP contribution >= 0.6 is 23.2 Å². The Bertz CT molecular complexity index is 1160. The molecule has 0 unspecified atom stereocenters. The lowest BCUT2D eigenvalue weighted by molar-refractivity contribution is -0.141. The van der Waals surface area contributed by atoms with Crippen molar-refractivity contribution in [2.24, 2.45) is 0 Å². The number of benzene rings is 3. The maximum absolute atomic E-state index is 13.9. The van der Waals surface area contributed by atoms with E-state index in [0.29, 0.717) is 28.6 Å². The topological polar surface area (TPSA) is 49.4 Å². The van der Waals surface area contributed by atoms with E-state index >= 15 is 0 Å². The number of nitrogens with zero attached hydrogens (tertiary/aromatic N) is 1. The Morgan fingerprint density at radius 3 is 2.17 bits per heavy atom. The molecular formula is C30H32Cl2N2O2. The minimum absolute atomic E-state index is 0.0202. The highest BCUT2D eigenvalue weighted by atomic mass is 35.5. The first-order valence-electron chi connectivity index (χ1n) is 12.5. The molecule has 2 amide bonds. The lowest BCUT2D eigenvalue weighted by atomic mass is 10.0. The van der Waals surface area contributed by atoms with Crippen LogP contribution in [0.2, 0.25) is 10.0 Å². The van der Waals surface area contributed by atoms with Gasteiger partial charge in [0.1, 0.15) is 6.04 Å². The molecule has 188 valence electrons. The van der Waals surface area contributed by atoms with Gasteiger partial charge in [-0.1, -0.05) is 102 Å². The molecule has 1 atom stereocenters. The Morgan fingerprint density at radius 2 is 1.53 bits per heavy atom. The molecule has 3 aromatic rings. The molecule has 0 bridgehead atoms. The fraction of sp³-hybridized carbons (Fsp3) is 0.333. The highest BCUT2D eigenvalue weighted by Gasteiger charge is 2.32. The van der Waals surface area contributed by atoms with Crippen molar-refractivity contribution in [3.63, 3.8) is 0 Å². The summed E-state index contributed by atoms with van der Waals surface area (Å²) in [6, 6.07) is 22.6. The summed E-state index contributed by atoms with van der Waals surface area (Å²) in [4.78, 5) is 29.3. The minimum Gasteiger partial charge on any atom is -0.352 e. The molecule has 1 aliphatic carbocycles. The summed E-state index contributed by atoms with van der Waals surface area (Å²) in [5, 5.41) is 4.12. The van der Waals surface area contributed by atoms with Crippen LogP contribution in [-0.4, -0.2) is 28.8 Å². The molecule has 1 aliphatic rings. The molecule has 4 nitrogen and oxygen atoms in total. The summed E-state index contributed by atoms with van der Waals surface area (Å²) >= 11 is 12.8. The maximum atomic E-state index is 13.9. The van der Waals surface area contributed by atoms with E-state index in [9.17, 15) is 9.59 Å². The average molecular weight is 524 g/mol. The number of halogens is 2. The Balaban J connectivity index is 1.68. The van der Waals surface area contributed by atoms with Crippen LogP contribution in [0.5, 0.6) is 0 Å². The molecule has 0 spiro atoms. The zero-order valence-corrected chi connectivity index (χ0v) is 22.1. The molecule has 0 aliphatic heterocycles. The van der Waals surface area contributed by atoms with Gasteiger partial charge < -0.3 is 10.2 Å². The third-order valence-corrected chi connectivity index (χ3v) is 7.54. The Kier molecular flexibility index (Phi) is 9.06. The second-order valence-electron chi connectivity index (χ2n) is 9.58. The van der Waals surface area contributed by atoms with Gasteiger partial charge in [-0.15, -0.1) is 0 Å². The van der Waals surface area contributed by atoms with Crippen LogP contribution in [0.25, 0.3) is 0 Å². The zero-order chi connectivity index (χ0) is 25.5. The SMILES string of the molecule is Cc1ccc(CN(C(=O)Cc2c(Cl)cccc2Cl)[C@@H](Cc2ccccc2)C(=O)NC2CCCC2)cc1. The van der Waals surface area contributed by atoms with Gasteiger partial charge >= 0.3 is 0 Å². The van der Waals surface area contributed by atoms with Crippen molar-refractivity contribution in [3.8, 4) is 0 Å². The fourth-order valence-corrected chi connectivity index (χ4v) is 5.30. The number of aryl methyl sites for hydroxylation is 1. The third kappa shape index (κ3) is 6.89. The van der Waals surface area contributed by atoms with Gasteiger partial charge in [0.05, 0.1) is 6.42 Å². The van der Waals surface area contributed by atoms with Crippen LogP contribution in [0, 0.1) is 6.92 Å². The first-order valence-corrected chi connectivity index (χ1v) is 13.3. The van der Waals surface area contributed by atoms with Crippen LogP contribution in [0.15, 0.2) is 72.8 Å². The van der Waals surface area contributed by atoms with E-state index in [1.807, 2.05) is 61.5 Å².